The lowest BCUT2D eigenvalue weighted by molar-refractivity contribution is -0.125. The lowest BCUT2D eigenvalue weighted by Gasteiger charge is -2.30. The highest BCUT2D eigenvalue weighted by Gasteiger charge is 2.35. The van der Waals surface area contributed by atoms with Gasteiger partial charge in [-0.2, -0.15) is 0 Å². The summed E-state index contributed by atoms with van der Waals surface area (Å²) in [5.74, 6) is 0.736. The van der Waals surface area contributed by atoms with Crippen LogP contribution in [-0.2, 0) is 4.79 Å². The molecule has 2 atom stereocenters. The number of rotatable bonds is 4. The highest BCUT2D eigenvalue weighted by molar-refractivity contribution is 5.80. The molecule has 26 heavy (non-hydrogen) atoms. The smallest absolute Gasteiger partial charge is 0.226 e. The Kier molecular flexibility index (Phi) is 5.32. The van der Waals surface area contributed by atoms with E-state index in [0.29, 0.717) is 18.5 Å². The van der Waals surface area contributed by atoms with Crippen LogP contribution in [0, 0.1) is 5.92 Å². The third-order valence-corrected chi connectivity index (χ3v) is 5.82. The molecule has 2 aromatic rings. The summed E-state index contributed by atoms with van der Waals surface area (Å²) >= 11 is 0. The molecule has 1 aliphatic heterocycles. The minimum atomic E-state index is -0.0655. The van der Waals surface area contributed by atoms with Crippen molar-refractivity contribution in [3.63, 3.8) is 0 Å². The molecular formula is C22H27N3O. The molecule has 136 valence electrons. The standard InChI is InChI=1S/C22H27N3O/c26-22(20-15-23-25-21(20)18-9-5-2-6-10-18)24-19-13-11-17(12-14-19)16-7-3-1-4-8-16/h1-10,17,19-21,23,25H,11-15H2,(H,24,26). The van der Waals surface area contributed by atoms with E-state index in [1.165, 1.54) is 5.56 Å². The number of hydrazine groups is 1. The van der Waals surface area contributed by atoms with E-state index in [0.717, 1.165) is 31.2 Å². The highest BCUT2D eigenvalue weighted by Crippen LogP contribution is 2.33. The van der Waals surface area contributed by atoms with Crippen molar-refractivity contribution in [2.75, 3.05) is 6.54 Å². The topological polar surface area (TPSA) is 53.2 Å². The molecule has 2 unspecified atom stereocenters. The highest BCUT2D eigenvalue weighted by atomic mass is 16.2. The molecule has 0 bridgehead atoms. The van der Waals surface area contributed by atoms with Crippen molar-refractivity contribution in [3.8, 4) is 0 Å². The van der Waals surface area contributed by atoms with Gasteiger partial charge >= 0.3 is 0 Å². The maximum absolute atomic E-state index is 12.9. The van der Waals surface area contributed by atoms with Crippen LogP contribution in [0.5, 0.6) is 0 Å². The number of amides is 1. The van der Waals surface area contributed by atoms with Gasteiger partial charge in [-0.3, -0.25) is 10.2 Å². The maximum atomic E-state index is 12.9. The number of hydrogen-bond donors (Lipinski definition) is 3. The predicted octanol–water partition coefficient (Wildman–Crippen LogP) is 3.29. The molecule has 1 amide bonds. The average Bonchev–Trinajstić information content (AvgIpc) is 3.20. The Labute approximate surface area is 155 Å². The Morgan fingerprint density at radius 3 is 2.12 bits per heavy atom. The van der Waals surface area contributed by atoms with Crippen LogP contribution >= 0.6 is 0 Å². The van der Waals surface area contributed by atoms with Crippen LogP contribution < -0.4 is 16.2 Å². The Bertz CT molecular complexity index is 711. The molecule has 0 spiro atoms. The molecule has 2 fully saturated rings. The second-order valence-corrected chi connectivity index (χ2v) is 7.49. The van der Waals surface area contributed by atoms with Gasteiger partial charge in [0.25, 0.3) is 0 Å². The van der Waals surface area contributed by atoms with E-state index in [-0.39, 0.29) is 17.9 Å². The van der Waals surface area contributed by atoms with Crippen LogP contribution in [0.2, 0.25) is 0 Å². The third-order valence-electron chi connectivity index (χ3n) is 5.82. The van der Waals surface area contributed by atoms with E-state index in [2.05, 4.69) is 58.6 Å². The Hall–Kier alpha value is -2.17. The minimum Gasteiger partial charge on any atom is -0.353 e. The molecule has 1 saturated carbocycles. The van der Waals surface area contributed by atoms with Crippen molar-refractivity contribution >= 4 is 5.91 Å². The number of nitrogens with one attached hydrogen (secondary N) is 3. The fourth-order valence-electron chi connectivity index (χ4n) is 4.32. The van der Waals surface area contributed by atoms with Gasteiger partial charge in [-0.1, -0.05) is 60.7 Å². The Morgan fingerprint density at radius 2 is 1.46 bits per heavy atom. The molecule has 1 heterocycles. The van der Waals surface area contributed by atoms with Crippen molar-refractivity contribution in [2.24, 2.45) is 5.92 Å². The molecule has 2 aromatic carbocycles. The summed E-state index contributed by atoms with van der Waals surface area (Å²) in [5, 5.41) is 3.31. The van der Waals surface area contributed by atoms with E-state index < -0.39 is 0 Å². The summed E-state index contributed by atoms with van der Waals surface area (Å²) in [7, 11) is 0. The van der Waals surface area contributed by atoms with Gasteiger partial charge < -0.3 is 5.32 Å². The van der Waals surface area contributed by atoms with Gasteiger partial charge in [0.05, 0.1) is 12.0 Å². The normalized spacial score (nSPS) is 28.6. The number of carbonyl (C=O) groups excluding carboxylic acids is 1. The van der Waals surface area contributed by atoms with Crippen molar-refractivity contribution in [1.82, 2.24) is 16.2 Å². The first kappa shape index (κ1) is 17.3. The summed E-state index contributed by atoms with van der Waals surface area (Å²) in [6.07, 6.45) is 4.43. The Balaban J connectivity index is 1.33. The molecule has 1 aliphatic carbocycles. The molecule has 3 N–H and O–H groups in total. The van der Waals surface area contributed by atoms with Crippen molar-refractivity contribution < 1.29 is 4.79 Å². The average molecular weight is 349 g/mol. The van der Waals surface area contributed by atoms with Gasteiger partial charge in [0.15, 0.2) is 0 Å². The molecule has 4 heteroatoms. The Morgan fingerprint density at radius 1 is 0.846 bits per heavy atom. The van der Waals surface area contributed by atoms with Gasteiger partial charge in [-0.25, -0.2) is 5.43 Å². The summed E-state index contributed by atoms with van der Waals surface area (Å²) in [4.78, 5) is 12.9. The fraction of sp³-hybridized carbons (Fsp3) is 0.409. The molecule has 2 aliphatic rings. The summed E-state index contributed by atoms with van der Waals surface area (Å²) in [6, 6.07) is 21.3. The summed E-state index contributed by atoms with van der Waals surface area (Å²) < 4.78 is 0. The second-order valence-electron chi connectivity index (χ2n) is 7.49. The van der Waals surface area contributed by atoms with Gasteiger partial charge in [-0.05, 0) is 42.7 Å². The van der Waals surface area contributed by atoms with Crippen LogP contribution in [0.3, 0.4) is 0 Å². The van der Waals surface area contributed by atoms with Gasteiger partial charge in [0, 0.05) is 12.6 Å². The number of hydrogen-bond acceptors (Lipinski definition) is 3. The van der Waals surface area contributed by atoms with E-state index in [1.54, 1.807) is 0 Å². The maximum Gasteiger partial charge on any atom is 0.226 e. The van der Waals surface area contributed by atoms with Gasteiger partial charge in [0.1, 0.15) is 0 Å². The van der Waals surface area contributed by atoms with E-state index in [9.17, 15) is 4.79 Å². The van der Waals surface area contributed by atoms with Crippen LogP contribution in [0.15, 0.2) is 60.7 Å². The lowest BCUT2D eigenvalue weighted by atomic mass is 9.81. The first-order valence-electron chi connectivity index (χ1n) is 9.70. The third kappa shape index (κ3) is 3.81. The molecule has 0 radical (unpaired) electrons. The molecule has 0 aromatic heterocycles. The first-order chi connectivity index (χ1) is 12.8. The minimum absolute atomic E-state index is 0.0388. The van der Waals surface area contributed by atoms with Crippen molar-refractivity contribution in [3.05, 3.63) is 71.8 Å². The summed E-state index contributed by atoms with van der Waals surface area (Å²) in [5.41, 5.74) is 9.01. The van der Waals surface area contributed by atoms with Crippen LogP contribution in [0.4, 0.5) is 0 Å². The monoisotopic (exact) mass is 349 g/mol. The summed E-state index contributed by atoms with van der Waals surface area (Å²) in [6.45, 7) is 0.671. The largest absolute Gasteiger partial charge is 0.353 e. The fourth-order valence-corrected chi connectivity index (χ4v) is 4.32. The molecule has 4 nitrogen and oxygen atoms in total. The lowest BCUT2D eigenvalue weighted by Crippen LogP contribution is -2.42. The van der Waals surface area contributed by atoms with E-state index in [1.807, 2.05) is 18.2 Å². The zero-order chi connectivity index (χ0) is 17.8. The number of carbonyl (C=O) groups is 1. The van der Waals surface area contributed by atoms with E-state index in [4.69, 9.17) is 0 Å². The van der Waals surface area contributed by atoms with Gasteiger partial charge in [0.2, 0.25) is 5.91 Å². The first-order valence-corrected chi connectivity index (χ1v) is 9.70. The second kappa shape index (κ2) is 8.02. The molecule has 4 rings (SSSR count). The predicted molar refractivity (Wildman–Crippen MR) is 103 cm³/mol. The van der Waals surface area contributed by atoms with Crippen LogP contribution in [0.25, 0.3) is 0 Å². The van der Waals surface area contributed by atoms with Crippen LogP contribution in [0.1, 0.15) is 48.8 Å². The number of benzene rings is 2. The SMILES string of the molecule is O=C(NC1CCC(c2ccccc2)CC1)C1CNNC1c1ccccc1. The van der Waals surface area contributed by atoms with Crippen molar-refractivity contribution in [1.29, 1.82) is 0 Å². The zero-order valence-corrected chi connectivity index (χ0v) is 15.0. The zero-order valence-electron chi connectivity index (χ0n) is 15.0. The molecule has 1 saturated heterocycles. The van der Waals surface area contributed by atoms with Gasteiger partial charge in [-0.15, -0.1) is 0 Å². The van der Waals surface area contributed by atoms with Crippen molar-refractivity contribution in [2.45, 2.75) is 43.7 Å². The van der Waals surface area contributed by atoms with E-state index >= 15 is 0 Å². The quantitative estimate of drug-likeness (QED) is 0.794. The molecular weight excluding hydrogens is 322 g/mol. The van der Waals surface area contributed by atoms with Crippen LogP contribution in [-0.4, -0.2) is 18.5 Å².